The molecular formula is C12H19BN2. The van der Waals surface area contributed by atoms with E-state index >= 15 is 0 Å². The number of nitrogens with one attached hydrogen (secondary N) is 2. The number of anilines is 2. The van der Waals surface area contributed by atoms with Gasteiger partial charge in [0.05, 0.1) is 0 Å². The van der Waals surface area contributed by atoms with Crippen LogP contribution < -0.4 is 10.5 Å². The summed E-state index contributed by atoms with van der Waals surface area (Å²) >= 11 is 0. The lowest BCUT2D eigenvalue weighted by Gasteiger charge is -2.06. The fraction of sp³-hybridized carbons (Fsp3) is 0.500. The lowest BCUT2D eigenvalue weighted by molar-refractivity contribution is 0.699. The highest BCUT2D eigenvalue weighted by atomic mass is 15.0. The van der Waals surface area contributed by atoms with Crippen molar-refractivity contribution in [1.82, 2.24) is 0 Å². The Hall–Kier alpha value is -1.12. The maximum atomic E-state index is 3.50. The Morgan fingerprint density at radius 3 is 2.27 bits per heavy atom. The minimum atomic E-state index is 0.444. The smallest absolute Gasteiger partial charge is 0.370 e. The van der Waals surface area contributed by atoms with Crippen molar-refractivity contribution in [2.45, 2.75) is 38.9 Å². The highest BCUT2D eigenvalue weighted by Crippen LogP contribution is 2.28. The lowest BCUT2D eigenvalue weighted by Crippen LogP contribution is -2.27. The first-order valence-corrected chi connectivity index (χ1v) is 6.02. The van der Waals surface area contributed by atoms with E-state index in [4.69, 9.17) is 0 Å². The molecule has 3 heteroatoms. The largest absolute Gasteiger partial charge is 0.408 e. The lowest BCUT2D eigenvalue weighted by atomic mass is 9.72. The Morgan fingerprint density at radius 2 is 1.67 bits per heavy atom. The van der Waals surface area contributed by atoms with Gasteiger partial charge in [-0.2, -0.15) is 0 Å². The molecule has 0 radical (unpaired) electrons. The van der Waals surface area contributed by atoms with Gasteiger partial charge in [-0.15, -0.1) is 0 Å². The van der Waals surface area contributed by atoms with Gasteiger partial charge in [-0.25, -0.2) is 0 Å². The first kappa shape index (κ1) is 10.4. The predicted molar refractivity (Wildman–Crippen MR) is 68.4 cm³/mol. The van der Waals surface area contributed by atoms with Crippen LogP contribution in [0.25, 0.3) is 0 Å². The molecule has 0 spiro atoms. The Kier molecular flexibility index (Phi) is 3.54. The van der Waals surface area contributed by atoms with Gasteiger partial charge in [0, 0.05) is 11.4 Å². The summed E-state index contributed by atoms with van der Waals surface area (Å²) < 4.78 is 0. The number of hydrogen-bond donors (Lipinski definition) is 2. The van der Waals surface area contributed by atoms with Crippen LogP contribution in [0.1, 0.15) is 32.6 Å². The molecule has 15 heavy (non-hydrogen) atoms. The van der Waals surface area contributed by atoms with Crippen molar-refractivity contribution in [2.75, 3.05) is 10.5 Å². The highest BCUT2D eigenvalue weighted by Gasteiger charge is 2.22. The molecule has 0 atom stereocenters. The molecule has 0 saturated heterocycles. The van der Waals surface area contributed by atoms with Crippen LogP contribution in [0.4, 0.5) is 11.4 Å². The normalized spacial score (nSPS) is 13.3. The second-order valence-electron chi connectivity index (χ2n) is 4.24. The summed E-state index contributed by atoms with van der Waals surface area (Å²) in [4.78, 5) is 0. The third kappa shape index (κ3) is 2.68. The molecule has 0 aliphatic carbocycles. The molecule has 1 aromatic rings. The zero-order valence-electron chi connectivity index (χ0n) is 9.42. The second-order valence-corrected chi connectivity index (χ2v) is 4.24. The topological polar surface area (TPSA) is 24.1 Å². The van der Waals surface area contributed by atoms with E-state index < -0.39 is 0 Å². The van der Waals surface area contributed by atoms with Gasteiger partial charge in [0.2, 0.25) is 0 Å². The summed E-state index contributed by atoms with van der Waals surface area (Å²) in [5, 5.41) is 7.00. The van der Waals surface area contributed by atoms with E-state index in [1.165, 1.54) is 43.4 Å². The van der Waals surface area contributed by atoms with Crippen LogP contribution in [0.5, 0.6) is 0 Å². The Bertz CT molecular complexity index is 289. The summed E-state index contributed by atoms with van der Waals surface area (Å²) in [6.45, 7) is 2.70. The minimum Gasteiger partial charge on any atom is -0.408 e. The van der Waals surface area contributed by atoms with Crippen molar-refractivity contribution in [2.24, 2.45) is 0 Å². The first-order chi connectivity index (χ1) is 7.40. The number of hydrogen-bond acceptors (Lipinski definition) is 2. The summed E-state index contributed by atoms with van der Waals surface area (Å²) in [6, 6.07) is 8.42. The third-order valence-corrected chi connectivity index (χ3v) is 2.93. The molecule has 0 saturated carbocycles. The summed E-state index contributed by atoms with van der Waals surface area (Å²) in [5.74, 6) is 0. The molecule has 2 N–H and O–H groups in total. The summed E-state index contributed by atoms with van der Waals surface area (Å²) in [5.41, 5.74) is 2.50. The van der Waals surface area contributed by atoms with E-state index in [9.17, 15) is 0 Å². The third-order valence-electron chi connectivity index (χ3n) is 2.93. The molecule has 0 aromatic heterocycles. The highest BCUT2D eigenvalue weighted by molar-refractivity contribution is 6.68. The zero-order valence-corrected chi connectivity index (χ0v) is 9.42. The quantitative estimate of drug-likeness (QED) is 0.563. The van der Waals surface area contributed by atoms with Crippen LogP contribution in [-0.2, 0) is 0 Å². The van der Waals surface area contributed by atoms with Crippen LogP contribution in [0, 0.1) is 0 Å². The molecule has 1 heterocycles. The standard InChI is InChI=1S/C12H19BN2/c1-2-3-4-7-10-13-14-11-8-5-6-9-12(11)15-13/h5-6,8-9,14-15H,2-4,7,10H2,1H3. The van der Waals surface area contributed by atoms with E-state index in [0.29, 0.717) is 6.98 Å². The van der Waals surface area contributed by atoms with E-state index in [2.05, 4.69) is 41.6 Å². The monoisotopic (exact) mass is 202 g/mol. The van der Waals surface area contributed by atoms with E-state index in [1.807, 2.05) is 0 Å². The second kappa shape index (κ2) is 5.10. The van der Waals surface area contributed by atoms with Gasteiger partial charge in [0.15, 0.2) is 0 Å². The van der Waals surface area contributed by atoms with Crippen LogP contribution in [0.15, 0.2) is 24.3 Å². The van der Waals surface area contributed by atoms with Gasteiger partial charge >= 0.3 is 6.98 Å². The number of para-hydroxylation sites is 2. The number of benzene rings is 1. The number of fused-ring (bicyclic) bond motifs is 1. The molecule has 2 nitrogen and oxygen atoms in total. The van der Waals surface area contributed by atoms with Crippen molar-refractivity contribution in [3.63, 3.8) is 0 Å². The van der Waals surface area contributed by atoms with Gasteiger partial charge in [0.1, 0.15) is 0 Å². The van der Waals surface area contributed by atoms with Gasteiger partial charge < -0.3 is 10.5 Å². The molecule has 1 aliphatic heterocycles. The molecule has 2 rings (SSSR count). The van der Waals surface area contributed by atoms with Crippen molar-refractivity contribution < 1.29 is 0 Å². The van der Waals surface area contributed by atoms with Gasteiger partial charge in [-0.05, 0) is 18.5 Å². The van der Waals surface area contributed by atoms with E-state index in [1.54, 1.807) is 0 Å². The van der Waals surface area contributed by atoms with Crippen LogP contribution in [0.3, 0.4) is 0 Å². The molecule has 80 valence electrons. The maximum Gasteiger partial charge on any atom is 0.370 e. The Morgan fingerprint density at radius 1 is 1.00 bits per heavy atom. The molecule has 0 fully saturated rings. The molecule has 0 bridgehead atoms. The molecule has 1 aliphatic rings. The van der Waals surface area contributed by atoms with Crippen LogP contribution in [-0.4, -0.2) is 6.98 Å². The average Bonchev–Trinajstić information content (AvgIpc) is 2.67. The van der Waals surface area contributed by atoms with Gasteiger partial charge in [-0.1, -0.05) is 44.7 Å². The predicted octanol–water partition coefficient (Wildman–Crippen LogP) is 3.59. The Balaban J connectivity index is 1.76. The van der Waals surface area contributed by atoms with Crippen LogP contribution in [0.2, 0.25) is 6.32 Å². The van der Waals surface area contributed by atoms with E-state index in [-0.39, 0.29) is 0 Å². The SMILES string of the molecule is CCCCCCB1Nc2ccccc2N1. The zero-order chi connectivity index (χ0) is 10.5. The van der Waals surface area contributed by atoms with Gasteiger partial charge in [0.25, 0.3) is 0 Å². The molecule has 1 aromatic carbocycles. The van der Waals surface area contributed by atoms with Crippen molar-refractivity contribution in [1.29, 1.82) is 0 Å². The van der Waals surface area contributed by atoms with Gasteiger partial charge in [-0.3, -0.25) is 0 Å². The maximum absolute atomic E-state index is 3.50. The first-order valence-electron chi connectivity index (χ1n) is 6.02. The molecular weight excluding hydrogens is 183 g/mol. The average molecular weight is 202 g/mol. The Labute approximate surface area is 92.6 Å². The van der Waals surface area contributed by atoms with Crippen molar-refractivity contribution in [3.05, 3.63) is 24.3 Å². The summed E-state index contributed by atoms with van der Waals surface area (Å²) in [7, 11) is 0. The summed E-state index contributed by atoms with van der Waals surface area (Å²) in [6.07, 6.45) is 6.55. The van der Waals surface area contributed by atoms with E-state index in [0.717, 1.165) is 0 Å². The molecule has 0 amide bonds. The van der Waals surface area contributed by atoms with Crippen LogP contribution >= 0.6 is 0 Å². The fourth-order valence-electron chi connectivity index (χ4n) is 2.07. The fourth-order valence-corrected chi connectivity index (χ4v) is 2.07. The molecule has 0 unspecified atom stereocenters. The minimum absolute atomic E-state index is 0.444. The number of unbranched alkanes of at least 4 members (excludes halogenated alkanes) is 3. The van der Waals surface area contributed by atoms with Crippen molar-refractivity contribution in [3.8, 4) is 0 Å². The van der Waals surface area contributed by atoms with Crippen molar-refractivity contribution >= 4 is 18.4 Å². The number of rotatable bonds is 5.